The van der Waals surface area contributed by atoms with Crippen molar-refractivity contribution in [2.75, 3.05) is 6.54 Å². The van der Waals surface area contributed by atoms with Gasteiger partial charge in [0.05, 0.1) is 6.07 Å². The Hall–Kier alpha value is -1.77. The Kier molecular flexibility index (Phi) is 5.16. The molecule has 106 valence electrons. The van der Waals surface area contributed by atoms with Crippen LogP contribution in [0.5, 0.6) is 0 Å². The summed E-state index contributed by atoms with van der Waals surface area (Å²) in [5.41, 5.74) is -0.605. The van der Waals surface area contributed by atoms with Crippen LogP contribution in [-0.4, -0.2) is 30.2 Å². The molecule has 1 saturated heterocycles. The highest BCUT2D eigenvalue weighted by Gasteiger charge is 2.27. The largest absolute Gasteiger partial charge is 0.444 e. The first-order chi connectivity index (χ1) is 8.81. The summed E-state index contributed by atoms with van der Waals surface area (Å²) in [6, 6.07) is 1.29. The van der Waals surface area contributed by atoms with E-state index in [1.807, 2.05) is 6.07 Å². The van der Waals surface area contributed by atoms with Gasteiger partial charge in [0.2, 0.25) is 5.91 Å². The molecule has 6 heteroatoms. The zero-order chi connectivity index (χ0) is 14.5. The van der Waals surface area contributed by atoms with Gasteiger partial charge in [-0.05, 0) is 40.0 Å². The van der Waals surface area contributed by atoms with Gasteiger partial charge in [0.1, 0.15) is 11.6 Å². The maximum atomic E-state index is 11.6. The molecule has 0 unspecified atom stereocenters. The monoisotopic (exact) mass is 267 g/mol. The van der Waals surface area contributed by atoms with E-state index in [0.29, 0.717) is 13.0 Å². The minimum absolute atomic E-state index is 0.0440. The number of rotatable bonds is 3. The van der Waals surface area contributed by atoms with Crippen molar-refractivity contribution in [1.29, 1.82) is 5.26 Å². The second-order valence-corrected chi connectivity index (χ2v) is 5.69. The van der Waals surface area contributed by atoms with Gasteiger partial charge in [0.15, 0.2) is 0 Å². The van der Waals surface area contributed by atoms with Gasteiger partial charge in [0.25, 0.3) is 0 Å². The van der Waals surface area contributed by atoms with Crippen LogP contribution < -0.4 is 10.6 Å². The molecule has 0 saturated carbocycles. The maximum absolute atomic E-state index is 11.6. The smallest absolute Gasteiger partial charge is 0.408 e. The molecular weight excluding hydrogens is 246 g/mol. The molecule has 0 radical (unpaired) electrons. The number of alkyl carbamates (subject to hydrolysis) is 1. The van der Waals surface area contributed by atoms with Gasteiger partial charge in [-0.15, -0.1) is 0 Å². The van der Waals surface area contributed by atoms with Gasteiger partial charge in [0, 0.05) is 12.5 Å². The van der Waals surface area contributed by atoms with Crippen molar-refractivity contribution in [3.63, 3.8) is 0 Å². The molecule has 2 N–H and O–H groups in total. The normalized spacial score (nSPS) is 20.9. The first-order valence-corrected chi connectivity index (χ1v) is 6.48. The number of hydrogen-bond donors (Lipinski definition) is 2. The number of carbonyl (C=O) groups excluding carboxylic acids is 2. The number of nitrogens with zero attached hydrogens (tertiary/aromatic N) is 1. The van der Waals surface area contributed by atoms with Crippen molar-refractivity contribution in [3.8, 4) is 6.07 Å². The van der Waals surface area contributed by atoms with Crippen LogP contribution in [0.3, 0.4) is 0 Å². The molecule has 6 nitrogen and oxygen atoms in total. The van der Waals surface area contributed by atoms with E-state index >= 15 is 0 Å². The molecule has 0 spiro atoms. The SMILES string of the molecule is CC(C)(C)OC(=O)N[C@H](C#N)C[C@@H]1CCCNC1=O. The fourth-order valence-corrected chi connectivity index (χ4v) is 1.94. The van der Waals surface area contributed by atoms with E-state index in [-0.39, 0.29) is 11.8 Å². The van der Waals surface area contributed by atoms with Crippen molar-refractivity contribution in [2.24, 2.45) is 5.92 Å². The number of piperidine rings is 1. The van der Waals surface area contributed by atoms with Gasteiger partial charge in [-0.2, -0.15) is 5.26 Å². The van der Waals surface area contributed by atoms with Crippen molar-refractivity contribution in [3.05, 3.63) is 0 Å². The third-order valence-electron chi connectivity index (χ3n) is 2.77. The third-order valence-corrected chi connectivity index (χ3v) is 2.77. The molecule has 0 bridgehead atoms. The summed E-state index contributed by atoms with van der Waals surface area (Å²) in [7, 11) is 0. The lowest BCUT2D eigenvalue weighted by Gasteiger charge is -2.25. The zero-order valence-electron chi connectivity index (χ0n) is 11.7. The average molecular weight is 267 g/mol. The first-order valence-electron chi connectivity index (χ1n) is 6.48. The second-order valence-electron chi connectivity index (χ2n) is 5.69. The fourth-order valence-electron chi connectivity index (χ4n) is 1.94. The van der Waals surface area contributed by atoms with E-state index in [4.69, 9.17) is 10.00 Å². The van der Waals surface area contributed by atoms with Gasteiger partial charge in [-0.1, -0.05) is 0 Å². The summed E-state index contributed by atoms with van der Waals surface area (Å²) in [5, 5.41) is 14.3. The van der Waals surface area contributed by atoms with Gasteiger partial charge < -0.3 is 15.4 Å². The second kappa shape index (κ2) is 6.41. The topological polar surface area (TPSA) is 91.2 Å². The van der Waals surface area contributed by atoms with Crippen LogP contribution in [-0.2, 0) is 9.53 Å². The summed E-state index contributed by atoms with van der Waals surface area (Å²) in [4.78, 5) is 23.2. The van der Waals surface area contributed by atoms with E-state index in [9.17, 15) is 9.59 Å². The molecule has 19 heavy (non-hydrogen) atoms. The zero-order valence-corrected chi connectivity index (χ0v) is 11.7. The molecular formula is C13H21N3O3. The summed E-state index contributed by atoms with van der Waals surface area (Å²) in [6.07, 6.45) is 1.35. The minimum Gasteiger partial charge on any atom is -0.444 e. The number of ether oxygens (including phenoxy) is 1. The lowest BCUT2D eigenvalue weighted by atomic mass is 9.92. The highest BCUT2D eigenvalue weighted by molar-refractivity contribution is 5.79. The molecule has 1 aliphatic rings. The van der Waals surface area contributed by atoms with Crippen LogP contribution in [0, 0.1) is 17.2 Å². The molecule has 0 aliphatic carbocycles. The molecule has 0 aromatic heterocycles. The van der Waals surface area contributed by atoms with Crippen molar-refractivity contribution in [1.82, 2.24) is 10.6 Å². The Balaban J connectivity index is 2.48. The van der Waals surface area contributed by atoms with Crippen LogP contribution in [0.4, 0.5) is 4.79 Å². The summed E-state index contributed by atoms with van der Waals surface area (Å²) >= 11 is 0. The Labute approximate surface area is 113 Å². The number of amides is 2. The summed E-state index contributed by atoms with van der Waals surface area (Å²) < 4.78 is 5.08. The van der Waals surface area contributed by atoms with Gasteiger partial charge >= 0.3 is 6.09 Å². The molecule has 0 aromatic carbocycles. The third kappa shape index (κ3) is 5.60. The molecule has 2 atom stereocenters. The molecule has 0 aromatic rings. The Morgan fingerprint density at radius 1 is 1.63 bits per heavy atom. The molecule has 1 rings (SSSR count). The van der Waals surface area contributed by atoms with Crippen LogP contribution >= 0.6 is 0 Å². The minimum atomic E-state index is -0.705. The Morgan fingerprint density at radius 2 is 2.32 bits per heavy atom. The number of nitriles is 1. The van der Waals surface area contributed by atoms with Gasteiger partial charge in [-0.3, -0.25) is 4.79 Å². The molecule has 1 heterocycles. The predicted octanol–water partition coefficient (Wildman–Crippen LogP) is 1.32. The first kappa shape index (κ1) is 15.3. The lowest BCUT2D eigenvalue weighted by molar-refractivity contribution is -0.126. The van der Waals surface area contributed by atoms with Crippen LogP contribution in [0.1, 0.15) is 40.0 Å². The average Bonchev–Trinajstić information content (AvgIpc) is 2.28. The van der Waals surface area contributed by atoms with E-state index in [0.717, 1.165) is 12.8 Å². The van der Waals surface area contributed by atoms with E-state index < -0.39 is 17.7 Å². The molecule has 2 amide bonds. The predicted molar refractivity (Wildman–Crippen MR) is 69.1 cm³/mol. The molecule has 1 fully saturated rings. The van der Waals surface area contributed by atoms with Crippen LogP contribution in [0.25, 0.3) is 0 Å². The highest BCUT2D eigenvalue weighted by atomic mass is 16.6. The number of nitrogens with one attached hydrogen (secondary N) is 2. The van der Waals surface area contributed by atoms with Crippen LogP contribution in [0.15, 0.2) is 0 Å². The van der Waals surface area contributed by atoms with E-state index in [1.54, 1.807) is 20.8 Å². The highest BCUT2D eigenvalue weighted by Crippen LogP contribution is 2.17. The summed E-state index contributed by atoms with van der Waals surface area (Å²) in [5.74, 6) is -0.258. The quantitative estimate of drug-likeness (QED) is 0.806. The lowest BCUT2D eigenvalue weighted by Crippen LogP contribution is -2.43. The number of carbonyl (C=O) groups is 2. The maximum Gasteiger partial charge on any atom is 0.408 e. The van der Waals surface area contributed by atoms with Crippen molar-refractivity contribution >= 4 is 12.0 Å². The standard InChI is InChI=1S/C13H21N3O3/c1-13(2,3)19-12(18)16-10(8-14)7-9-5-4-6-15-11(9)17/h9-10H,4-7H2,1-3H3,(H,15,17)(H,16,18)/t9-,10-/m0/s1. The Morgan fingerprint density at radius 3 is 2.84 bits per heavy atom. The fraction of sp³-hybridized carbons (Fsp3) is 0.769. The Bertz CT molecular complexity index is 382. The van der Waals surface area contributed by atoms with Gasteiger partial charge in [-0.25, -0.2) is 4.79 Å². The van der Waals surface area contributed by atoms with E-state index in [1.165, 1.54) is 0 Å². The van der Waals surface area contributed by atoms with Crippen molar-refractivity contribution < 1.29 is 14.3 Å². The number of hydrogen-bond acceptors (Lipinski definition) is 4. The van der Waals surface area contributed by atoms with Crippen molar-refractivity contribution in [2.45, 2.75) is 51.7 Å². The van der Waals surface area contributed by atoms with E-state index in [2.05, 4.69) is 10.6 Å². The van der Waals surface area contributed by atoms with Crippen LogP contribution in [0.2, 0.25) is 0 Å². The summed E-state index contributed by atoms with van der Waals surface area (Å²) in [6.45, 7) is 5.94. The molecule has 1 aliphatic heterocycles.